The summed E-state index contributed by atoms with van der Waals surface area (Å²) in [6.07, 6.45) is 1.91. The fourth-order valence-corrected chi connectivity index (χ4v) is 7.39. The van der Waals surface area contributed by atoms with Crippen LogP contribution in [0.2, 0.25) is 0 Å². The normalized spacial score (nSPS) is 14.1. The molecule has 1 nitrogen and oxygen atoms in total. The minimum absolute atomic E-state index is 0.0807. The lowest BCUT2D eigenvalue weighted by molar-refractivity contribution is 0.659. The van der Waals surface area contributed by atoms with Gasteiger partial charge in [0.25, 0.3) is 0 Å². The van der Waals surface area contributed by atoms with Crippen molar-refractivity contribution in [2.75, 3.05) is 0 Å². The summed E-state index contributed by atoms with van der Waals surface area (Å²) < 4.78 is 0. The summed E-state index contributed by atoms with van der Waals surface area (Å²) in [6.45, 7) is 4.65. The van der Waals surface area contributed by atoms with E-state index in [9.17, 15) is 0 Å². The molecule has 0 radical (unpaired) electrons. The second-order valence-electron chi connectivity index (χ2n) is 11.5. The van der Waals surface area contributed by atoms with Crippen LogP contribution in [-0.2, 0) is 5.41 Å². The number of hydrogen-bond acceptors (Lipinski definition) is 1. The minimum Gasteiger partial charge on any atom is -0.256 e. The maximum atomic E-state index is 4.76. The molecular weight excluding hydrogens is 470 g/mol. The molecule has 0 amide bonds. The van der Waals surface area contributed by atoms with Crippen LogP contribution in [0.4, 0.5) is 0 Å². The van der Waals surface area contributed by atoms with Crippen LogP contribution in [0.25, 0.3) is 77.0 Å². The van der Waals surface area contributed by atoms with Crippen molar-refractivity contribution in [3.05, 3.63) is 127 Å². The summed E-state index contributed by atoms with van der Waals surface area (Å²) in [5.74, 6) is 0. The number of nitrogens with zero attached hydrogens (tertiary/aromatic N) is 1. The highest BCUT2D eigenvalue weighted by Crippen LogP contribution is 2.52. The molecule has 39 heavy (non-hydrogen) atoms. The van der Waals surface area contributed by atoms with E-state index in [1.165, 1.54) is 82.4 Å². The lowest BCUT2D eigenvalue weighted by Gasteiger charge is -2.22. The summed E-state index contributed by atoms with van der Waals surface area (Å²) >= 11 is 0. The van der Waals surface area contributed by atoms with Crippen LogP contribution in [0.5, 0.6) is 0 Å². The average Bonchev–Trinajstić information content (AvgIpc) is 3.43. The van der Waals surface area contributed by atoms with Crippen molar-refractivity contribution in [1.82, 2.24) is 4.98 Å². The predicted octanol–water partition coefficient (Wildman–Crippen LogP) is 10.2. The third-order valence-electron chi connectivity index (χ3n) is 9.25. The van der Waals surface area contributed by atoms with Gasteiger partial charge in [0, 0.05) is 17.2 Å². The molecule has 2 aliphatic carbocycles. The summed E-state index contributed by atoms with van der Waals surface area (Å²) in [5, 5.41) is 7.96. The first-order valence-electron chi connectivity index (χ1n) is 13.7. The molecule has 1 aromatic heterocycles. The number of fused-ring (bicyclic) bond motifs is 10. The first kappa shape index (κ1) is 21.2. The molecular formula is C38H25N. The first-order chi connectivity index (χ1) is 19.1. The van der Waals surface area contributed by atoms with E-state index < -0.39 is 0 Å². The SMILES string of the molecule is CC1(C)c2cc(-c3cc4c5cccc6c5c(cc4c4ccccc34)-c3ccccc3-6)ccc2-c2ncccc21. The summed E-state index contributed by atoms with van der Waals surface area (Å²) in [4.78, 5) is 4.76. The summed E-state index contributed by atoms with van der Waals surface area (Å²) in [7, 11) is 0. The molecule has 0 spiro atoms. The van der Waals surface area contributed by atoms with Gasteiger partial charge in [0.2, 0.25) is 0 Å². The number of aromatic nitrogens is 1. The highest BCUT2D eigenvalue weighted by molar-refractivity contribution is 6.28. The van der Waals surface area contributed by atoms with Gasteiger partial charge >= 0.3 is 0 Å². The Kier molecular flexibility index (Phi) is 3.92. The zero-order chi connectivity index (χ0) is 25.9. The fourth-order valence-electron chi connectivity index (χ4n) is 7.39. The molecule has 1 heteroatoms. The number of pyridine rings is 1. The zero-order valence-electron chi connectivity index (χ0n) is 21.9. The summed E-state index contributed by atoms with van der Waals surface area (Å²) in [5.41, 5.74) is 12.9. The molecule has 0 saturated carbocycles. The second kappa shape index (κ2) is 7.21. The van der Waals surface area contributed by atoms with Crippen LogP contribution < -0.4 is 0 Å². The largest absolute Gasteiger partial charge is 0.256 e. The number of hydrogen-bond donors (Lipinski definition) is 0. The van der Waals surface area contributed by atoms with Crippen LogP contribution in [-0.4, -0.2) is 4.98 Å². The average molecular weight is 496 g/mol. The van der Waals surface area contributed by atoms with Crippen LogP contribution in [0.15, 0.2) is 115 Å². The van der Waals surface area contributed by atoms with Crippen molar-refractivity contribution < 1.29 is 0 Å². The zero-order valence-corrected chi connectivity index (χ0v) is 21.9. The van der Waals surface area contributed by atoms with Crippen molar-refractivity contribution >= 4 is 32.3 Å². The molecule has 0 aliphatic heterocycles. The van der Waals surface area contributed by atoms with Gasteiger partial charge in [0.1, 0.15) is 0 Å². The first-order valence-corrected chi connectivity index (χ1v) is 13.7. The Bertz CT molecular complexity index is 2200. The Balaban J connectivity index is 1.38. The van der Waals surface area contributed by atoms with Gasteiger partial charge in [0.05, 0.1) is 5.69 Å². The standard InChI is InChI=1S/C38H25N/c1-38(2)34-15-8-18-39-37(34)29-17-16-22(19-35(29)38)30-20-32-28-14-7-13-27-23-9-3-6-12-26(23)33(36(27)28)21-31(32)25-11-5-4-10-24(25)30/h3-21H,1-2H3. The third kappa shape index (κ3) is 2.62. The number of rotatable bonds is 1. The van der Waals surface area contributed by atoms with Crippen LogP contribution in [0.1, 0.15) is 25.0 Å². The van der Waals surface area contributed by atoms with Crippen molar-refractivity contribution in [3.8, 4) is 44.6 Å². The molecule has 0 N–H and O–H groups in total. The Morgan fingerprint density at radius 3 is 2.03 bits per heavy atom. The molecule has 0 unspecified atom stereocenters. The van der Waals surface area contributed by atoms with E-state index >= 15 is 0 Å². The molecule has 2 aliphatic rings. The second-order valence-corrected chi connectivity index (χ2v) is 11.5. The summed E-state index contributed by atoms with van der Waals surface area (Å²) in [6, 6.07) is 40.7. The van der Waals surface area contributed by atoms with Crippen molar-refractivity contribution in [1.29, 1.82) is 0 Å². The maximum Gasteiger partial charge on any atom is 0.0745 e. The topological polar surface area (TPSA) is 12.9 Å². The van der Waals surface area contributed by atoms with Crippen molar-refractivity contribution in [2.24, 2.45) is 0 Å². The molecule has 0 saturated heterocycles. The lowest BCUT2D eigenvalue weighted by atomic mass is 9.81. The van der Waals surface area contributed by atoms with E-state index in [4.69, 9.17) is 4.98 Å². The van der Waals surface area contributed by atoms with E-state index in [1.54, 1.807) is 0 Å². The van der Waals surface area contributed by atoms with Crippen LogP contribution >= 0.6 is 0 Å². The smallest absolute Gasteiger partial charge is 0.0745 e. The van der Waals surface area contributed by atoms with Gasteiger partial charge in [-0.1, -0.05) is 98.8 Å². The maximum absolute atomic E-state index is 4.76. The van der Waals surface area contributed by atoms with Gasteiger partial charge in [-0.3, -0.25) is 4.98 Å². The van der Waals surface area contributed by atoms with Crippen LogP contribution in [0.3, 0.4) is 0 Å². The van der Waals surface area contributed by atoms with Gasteiger partial charge in [-0.15, -0.1) is 0 Å². The highest BCUT2D eigenvalue weighted by atomic mass is 14.7. The van der Waals surface area contributed by atoms with E-state index in [1.807, 2.05) is 6.20 Å². The molecule has 0 bridgehead atoms. The fraction of sp³-hybridized carbons (Fsp3) is 0.0789. The number of benzene rings is 6. The van der Waals surface area contributed by atoms with E-state index in [2.05, 4.69) is 123 Å². The molecule has 7 aromatic rings. The van der Waals surface area contributed by atoms with Gasteiger partial charge in [-0.05, 0) is 101 Å². The molecule has 6 aromatic carbocycles. The molecule has 0 atom stereocenters. The van der Waals surface area contributed by atoms with E-state index in [0.29, 0.717) is 0 Å². The van der Waals surface area contributed by atoms with Gasteiger partial charge in [0.15, 0.2) is 0 Å². The highest BCUT2D eigenvalue weighted by Gasteiger charge is 2.36. The van der Waals surface area contributed by atoms with Crippen molar-refractivity contribution in [3.63, 3.8) is 0 Å². The van der Waals surface area contributed by atoms with Crippen molar-refractivity contribution in [2.45, 2.75) is 19.3 Å². The lowest BCUT2D eigenvalue weighted by Crippen LogP contribution is -2.15. The van der Waals surface area contributed by atoms with Crippen LogP contribution in [0, 0.1) is 0 Å². The van der Waals surface area contributed by atoms with E-state index in [0.717, 1.165) is 5.69 Å². The van der Waals surface area contributed by atoms with Gasteiger partial charge < -0.3 is 0 Å². The van der Waals surface area contributed by atoms with Gasteiger partial charge in [-0.2, -0.15) is 0 Å². The van der Waals surface area contributed by atoms with Gasteiger partial charge in [-0.25, -0.2) is 0 Å². The van der Waals surface area contributed by atoms with E-state index in [-0.39, 0.29) is 5.41 Å². The Labute approximate surface area is 227 Å². The monoisotopic (exact) mass is 495 g/mol. The Morgan fingerprint density at radius 1 is 0.462 bits per heavy atom. The molecule has 9 rings (SSSR count). The Hall–Kier alpha value is -4.75. The molecule has 1 heterocycles. The molecule has 182 valence electrons. The quantitative estimate of drug-likeness (QED) is 0.206. The third-order valence-corrected chi connectivity index (χ3v) is 9.25. The Morgan fingerprint density at radius 2 is 1.15 bits per heavy atom. The minimum atomic E-state index is -0.0807. The predicted molar refractivity (Wildman–Crippen MR) is 164 cm³/mol. The molecule has 0 fully saturated rings.